The molecule has 0 saturated carbocycles. The van der Waals surface area contributed by atoms with E-state index < -0.39 is 11.6 Å². The minimum atomic E-state index is -0.478. The van der Waals surface area contributed by atoms with Crippen LogP contribution in [0.3, 0.4) is 0 Å². The Kier molecular flexibility index (Phi) is 4.00. The molecule has 0 amide bonds. The molecule has 3 rings (SSSR count). The SMILES string of the molecule is CNC(c1c(F)ccc(C)c1F)C1Cc2ccccc2S1. The summed E-state index contributed by atoms with van der Waals surface area (Å²) in [5.41, 5.74) is 1.89. The molecule has 110 valence electrons. The van der Waals surface area contributed by atoms with Gasteiger partial charge in [0.15, 0.2) is 0 Å². The van der Waals surface area contributed by atoms with E-state index in [9.17, 15) is 8.78 Å². The Morgan fingerprint density at radius 1 is 1.19 bits per heavy atom. The topological polar surface area (TPSA) is 12.0 Å². The number of rotatable bonds is 3. The summed E-state index contributed by atoms with van der Waals surface area (Å²) < 4.78 is 28.6. The van der Waals surface area contributed by atoms with Crippen LogP contribution in [0.4, 0.5) is 8.78 Å². The number of halogens is 2. The average Bonchev–Trinajstić information content (AvgIpc) is 2.91. The highest BCUT2D eigenvalue weighted by molar-refractivity contribution is 8.00. The molecule has 1 N–H and O–H groups in total. The number of hydrogen-bond acceptors (Lipinski definition) is 2. The second kappa shape index (κ2) is 5.78. The minimum Gasteiger partial charge on any atom is -0.312 e. The Labute approximate surface area is 127 Å². The van der Waals surface area contributed by atoms with Crippen LogP contribution in [0.2, 0.25) is 0 Å². The van der Waals surface area contributed by atoms with Crippen molar-refractivity contribution in [1.29, 1.82) is 0 Å². The Morgan fingerprint density at radius 3 is 2.67 bits per heavy atom. The summed E-state index contributed by atoms with van der Waals surface area (Å²) in [5.74, 6) is -0.917. The average molecular weight is 305 g/mol. The Hall–Kier alpha value is -1.39. The molecule has 0 saturated heterocycles. The molecule has 2 unspecified atom stereocenters. The summed E-state index contributed by atoms with van der Waals surface area (Å²) in [6, 6.07) is 10.6. The molecule has 2 atom stereocenters. The van der Waals surface area contributed by atoms with Crippen LogP contribution >= 0.6 is 11.8 Å². The molecule has 0 fully saturated rings. The van der Waals surface area contributed by atoms with Crippen molar-refractivity contribution in [2.75, 3.05) is 7.05 Å². The van der Waals surface area contributed by atoms with Crippen LogP contribution in [0, 0.1) is 18.6 Å². The van der Waals surface area contributed by atoms with E-state index in [0.717, 1.165) is 6.42 Å². The van der Waals surface area contributed by atoms with E-state index in [1.54, 1.807) is 25.7 Å². The molecule has 0 bridgehead atoms. The van der Waals surface area contributed by atoms with Crippen LogP contribution in [0.15, 0.2) is 41.3 Å². The number of nitrogens with one attached hydrogen (secondary N) is 1. The summed E-state index contributed by atoms with van der Waals surface area (Å²) in [7, 11) is 1.76. The first kappa shape index (κ1) is 14.5. The van der Waals surface area contributed by atoms with Gasteiger partial charge in [0, 0.05) is 15.7 Å². The molecular weight excluding hydrogens is 288 g/mol. The molecule has 1 nitrogen and oxygen atoms in total. The quantitative estimate of drug-likeness (QED) is 0.910. The third kappa shape index (κ3) is 2.58. The lowest BCUT2D eigenvalue weighted by atomic mass is 9.96. The van der Waals surface area contributed by atoms with E-state index in [2.05, 4.69) is 17.4 Å². The van der Waals surface area contributed by atoms with Crippen molar-refractivity contribution < 1.29 is 8.78 Å². The maximum absolute atomic E-state index is 14.4. The van der Waals surface area contributed by atoms with E-state index in [1.165, 1.54) is 22.6 Å². The lowest BCUT2D eigenvalue weighted by Gasteiger charge is -2.24. The smallest absolute Gasteiger partial charge is 0.133 e. The van der Waals surface area contributed by atoms with Gasteiger partial charge >= 0.3 is 0 Å². The van der Waals surface area contributed by atoms with Crippen LogP contribution < -0.4 is 5.32 Å². The van der Waals surface area contributed by atoms with Crippen LogP contribution in [0.1, 0.15) is 22.7 Å². The first-order valence-electron chi connectivity index (χ1n) is 6.98. The van der Waals surface area contributed by atoms with Gasteiger partial charge in [0.25, 0.3) is 0 Å². The van der Waals surface area contributed by atoms with Crippen LogP contribution in [0.5, 0.6) is 0 Å². The van der Waals surface area contributed by atoms with Crippen molar-refractivity contribution in [2.24, 2.45) is 0 Å². The van der Waals surface area contributed by atoms with Crippen LogP contribution in [0.25, 0.3) is 0 Å². The van der Waals surface area contributed by atoms with E-state index in [4.69, 9.17) is 0 Å². The fourth-order valence-electron chi connectivity index (χ4n) is 2.87. The maximum Gasteiger partial charge on any atom is 0.133 e. The van der Waals surface area contributed by atoms with Crippen molar-refractivity contribution in [2.45, 2.75) is 29.5 Å². The van der Waals surface area contributed by atoms with Gasteiger partial charge in [-0.3, -0.25) is 0 Å². The highest BCUT2D eigenvalue weighted by atomic mass is 32.2. The van der Waals surface area contributed by atoms with Gasteiger partial charge in [-0.1, -0.05) is 24.3 Å². The molecule has 21 heavy (non-hydrogen) atoms. The molecular formula is C17H17F2NS. The van der Waals surface area contributed by atoms with Gasteiger partial charge < -0.3 is 5.32 Å². The van der Waals surface area contributed by atoms with Gasteiger partial charge in [0.2, 0.25) is 0 Å². The second-order valence-electron chi connectivity index (χ2n) is 5.33. The summed E-state index contributed by atoms with van der Waals surface area (Å²) >= 11 is 1.69. The zero-order valence-corrected chi connectivity index (χ0v) is 12.8. The Morgan fingerprint density at radius 2 is 1.95 bits per heavy atom. The molecule has 2 aromatic rings. The van der Waals surface area contributed by atoms with E-state index >= 15 is 0 Å². The number of fused-ring (bicyclic) bond motifs is 1. The number of hydrogen-bond donors (Lipinski definition) is 1. The number of aryl methyl sites for hydroxylation is 1. The van der Waals surface area contributed by atoms with Crippen LogP contribution in [-0.2, 0) is 6.42 Å². The van der Waals surface area contributed by atoms with Crippen LogP contribution in [-0.4, -0.2) is 12.3 Å². The summed E-state index contributed by atoms with van der Waals surface area (Å²) in [6.07, 6.45) is 0.819. The first-order valence-corrected chi connectivity index (χ1v) is 7.86. The van der Waals surface area contributed by atoms with Gasteiger partial charge in [-0.05, 0) is 43.7 Å². The van der Waals surface area contributed by atoms with Crippen molar-refractivity contribution in [3.63, 3.8) is 0 Å². The van der Waals surface area contributed by atoms with E-state index in [0.29, 0.717) is 5.56 Å². The lowest BCUT2D eigenvalue weighted by molar-refractivity contribution is 0.478. The first-order chi connectivity index (χ1) is 10.1. The number of benzene rings is 2. The molecule has 1 aliphatic rings. The third-order valence-electron chi connectivity index (χ3n) is 3.99. The van der Waals surface area contributed by atoms with Gasteiger partial charge in [0.1, 0.15) is 11.6 Å². The van der Waals surface area contributed by atoms with Gasteiger partial charge in [-0.15, -0.1) is 11.8 Å². The summed E-state index contributed by atoms with van der Waals surface area (Å²) in [5, 5.41) is 3.20. The minimum absolute atomic E-state index is 0.0956. The standard InChI is InChI=1S/C17H17F2NS/c1-10-7-8-12(18)15(16(10)19)17(20-2)14-9-11-5-3-4-6-13(11)21-14/h3-8,14,17,20H,9H2,1-2H3. The van der Waals surface area contributed by atoms with E-state index in [-0.39, 0.29) is 16.9 Å². The summed E-state index contributed by atoms with van der Waals surface area (Å²) in [4.78, 5) is 1.20. The molecule has 1 aliphatic heterocycles. The Balaban J connectivity index is 1.96. The predicted molar refractivity (Wildman–Crippen MR) is 82.7 cm³/mol. The molecule has 1 heterocycles. The zero-order valence-electron chi connectivity index (χ0n) is 12.0. The predicted octanol–water partition coefficient (Wildman–Crippen LogP) is 4.25. The zero-order chi connectivity index (χ0) is 15.0. The third-order valence-corrected chi connectivity index (χ3v) is 5.38. The van der Waals surface area contributed by atoms with Crippen molar-refractivity contribution in [3.05, 3.63) is 64.7 Å². The lowest BCUT2D eigenvalue weighted by Crippen LogP contribution is -2.29. The van der Waals surface area contributed by atoms with Gasteiger partial charge in [0.05, 0.1) is 6.04 Å². The monoisotopic (exact) mass is 305 g/mol. The maximum atomic E-state index is 14.4. The van der Waals surface area contributed by atoms with Crippen molar-refractivity contribution >= 4 is 11.8 Å². The molecule has 2 aromatic carbocycles. The molecule has 4 heteroatoms. The fraction of sp³-hybridized carbons (Fsp3) is 0.294. The van der Waals surface area contributed by atoms with Gasteiger partial charge in [-0.2, -0.15) is 0 Å². The largest absolute Gasteiger partial charge is 0.312 e. The molecule has 0 aromatic heterocycles. The van der Waals surface area contributed by atoms with Crippen molar-refractivity contribution in [1.82, 2.24) is 5.32 Å². The highest BCUT2D eigenvalue weighted by Crippen LogP contribution is 2.43. The fourth-order valence-corrected chi connectivity index (χ4v) is 4.33. The second-order valence-corrected chi connectivity index (χ2v) is 6.61. The molecule has 0 spiro atoms. The van der Waals surface area contributed by atoms with Crippen molar-refractivity contribution in [3.8, 4) is 0 Å². The number of thioether (sulfide) groups is 1. The molecule has 0 aliphatic carbocycles. The van der Waals surface area contributed by atoms with Gasteiger partial charge in [-0.25, -0.2) is 8.78 Å². The Bertz CT molecular complexity index is 647. The highest BCUT2D eigenvalue weighted by Gasteiger charge is 2.33. The van der Waals surface area contributed by atoms with E-state index in [1.807, 2.05) is 12.1 Å². The molecule has 0 radical (unpaired) electrons. The summed E-state index contributed by atoms with van der Waals surface area (Å²) in [6.45, 7) is 1.67. The normalized spacial score (nSPS) is 18.6.